The van der Waals surface area contributed by atoms with Crippen LogP contribution >= 0.6 is 0 Å². The monoisotopic (exact) mass is 536 g/mol. The molecular weight excluding hydrogens is 504 g/mol. The van der Waals surface area contributed by atoms with E-state index in [1.54, 1.807) is 12.1 Å². The predicted octanol–water partition coefficient (Wildman–Crippen LogP) is 9.12. The lowest BCUT2D eigenvalue weighted by atomic mass is 9.77. The third-order valence-corrected chi connectivity index (χ3v) is 8.40. The van der Waals surface area contributed by atoms with Gasteiger partial charge in [-0.25, -0.2) is 4.39 Å². The zero-order valence-electron chi connectivity index (χ0n) is 20.9. The van der Waals surface area contributed by atoms with E-state index >= 15 is 0 Å². The van der Waals surface area contributed by atoms with Crippen LogP contribution in [0.4, 0.5) is 17.6 Å². The van der Waals surface area contributed by atoms with Crippen molar-refractivity contribution in [1.29, 1.82) is 0 Å². The van der Waals surface area contributed by atoms with Crippen LogP contribution in [0.15, 0.2) is 54.6 Å². The summed E-state index contributed by atoms with van der Waals surface area (Å²) >= 11 is 0. The third-order valence-electron chi connectivity index (χ3n) is 7.43. The first-order valence-corrected chi connectivity index (χ1v) is 14.3. The van der Waals surface area contributed by atoms with Gasteiger partial charge in [0.15, 0.2) is 11.6 Å². The van der Waals surface area contributed by atoms with Gasteiger partial charge in [0.25, 0.3) is 0 Å². The van der Waals surface area contributed by atoms with Crippen LogP contribution in [0.3, 0.4) is 0 Å². The van der Waals surface area contributed by atoms with Gasteiger partial charge in [-0.1, -0.05) is 81.5 Å². The largest absolute Gasteiger partial charge is 0.534 e. The lowest BCUT2D eigenvalue weighted by molar-refractivity contribution is -0.0500. The van der Waals surface area contributed by atoms with Crippen molar-refractivity contribution in [3.63, 3.8) is 0 Å². The Labute approximate surface area is 216 Å². The molecule has 1 aliphatic rings. The molecule has 0 spiro atoms. The summed E-state index contributed by atoms with van der Waals surface area (Å²) in [6.45, 7) is 2.24. The highest BCUT2D eigenvalue weighted by Gasteiger charge is 2.49. The third kappa shape index (κ3) is 6.46. The summed E-state index contributed by atoms with van der Waals surface area (Å²) in [7, 11) is -5.96. The van der Waals surface area contributed by atoms with E-state index in [4.69, 9.17) is 0 Å². The Morgan fingerprint density at radius 2 is 1.54 bits per heavy atom. The van der Waals surface area contributed by atoms with Gasteiger partial charge in [0, 0.05) is 5.39 Å². The summed E-state index contributed by atoms with van der Waals surface area (Å²) in [5, 5.41) is 0.398. The highest BCUT2D eigenvalue weighted by atomic mass is 32.2. The molecule has 3 nitrogen and oxygen atoms in total. The van der Waals surface area contributed by atoms with E-state index in [9.17, 15) is 26.0 Å². The first kappa shape index (κ1) is 27.4. The Bertz CT molecular complexity index is 1310. The minimum absolute atomic E-state index is 0.0262. The molecule has 0 heterocycles. The van der Waals surface area contributed by atoms with E-state index in [1.165, 1.54) is 75.5 Å². The normalized spacial score (nSPS) is 18.7. The average molecular weight is 537 g/mol. The second kappa shape index (κ2) is 11.4. The van der Waals surface area contributed by atoms with Crippen molar-refractivity contribution in [3.8, 4) is 16.9 Å². The number of halogens is 4. The molecule has 200 valence electrons. The minimum atomic E-state index is -5.96. The molecule has 37 heavy (non-hydrogen) atoms. The van der Waals surface area contributed by atoms with Crippen molar-refractivity contribution >= 4 is 20.9 Å². The summed E-state index contributed by atoms with van der Waals surface area (Å²) in [5.74, 6) is -0.728. The zero-order chi connectivity index (χ0) is 26.6. The first-order valence-electron chi connectivity index (χ1n) is 12.9. The summed E-state index contributed by atoms with van der Waals surface area (Å²) in [4.78, 5) is 0. The Morgan fingerprint density at radius 3 is 2.19 bits per heavy atom. The lowest BCUT2D eigenvalue weighted by Crippen LogP contribution is -2.28. The van der Waals surface area contributed by atoms with Crippen LogP contribution in [-0.4, -0.2) is 13.9 Å². The number of alkyl halides is 3. The lowest BCUT2D eigenvalue weighted by Gasteiger charge is -2.29. The molecule has 3 aromatic rings. The van der Waals surface area contributed by atoms with E-state index in [-0.39, 0.29) is 5.39 Å². The van der Waals surface area contributed by atoms with Gasteiger partial charge in [0.2, 0.25) is 0 Å². The number of benzene rings is 3. The van der Waals surface area contributed by atoms with Crippen LogP contribution in [-0.2, 0) is 10.1 Å². The molecule has 1 fully saturated rings. The van der Waals surface area contributed by atoms with Gasteiger partial charge in [0.05, 0.1) is 0 Å². The van der Waals surface area contributed by atoms with Gasteiger partial charge in [-0.05, 0) is 71.7 Å². The van der Waals surface area contributed by atoms with Gasteiger partial charge < -0.3 is 4.18 Å². The smallest absolute Gasteiger partial charge is 0.373 e. The van der Waals surface area contributed by atoms with E-state index in [2.05, 4.69) is 23.2 Å². The standard InChI is InChI=1S/C29H32F4O3S/c1-2-3-4-5-6-20-7-9-21(10-8-20)22-11-13-23(14-12-22)24-15-17-26-25(19-24)16-18-27(28(26)30)36-37(34,35)29(31,32)33/h11-21H,2-10H2,1H3. The van der Waals surface area contributed by atoms with Crippen LogP contribution in [0.25, 0.3) is 21.9 Å². The molecule has 0 amide bonds. The van der Waals surface area contributed by atoms with Crippen molar-refractivity contribution in [2.24, 2.45) is 5.92 Å². The van der Waals surface area contributed by atoms with Gasteiger partial charge in [0.1, 0.15) is 0 Å². The van der Waals surface area contributed by atoms with Crippen LogP contribution in [0.2, 0.25) is 0 Å². The molecule has 0 saturated heterocycles. The van der Waals surface area contributed by atoms with Gasteiger partial charge in [-0.2, -0.15) is 21.6 Å². The Balaban J connectivity index is 1.43. The van der Waals surface area contributed by atoms with Gasteiger partial charge >= 0.3 is 15.6 Å². The molecule has 0 N–H and O–H groups in total. The highest BCUT2D eigenvalue weighted by molar-refractivity contribution is 7.88. The highest BCUT2D eigenvalue weighted by Crippen LogP contribution is 2.39. The van der Waals surface area contributed by atoms with E-state index in [1.807, 2.05) is 12.1 Å². The number of fused-ring (bicyclic) bond motifs is 1. The van der Waals surface area contributed by atoms with E-state index in [0.29, 0.717) is 11.3 Å². The summed E-state index contributed by atoms with van der Waals surface area (Å²) in [6, 6.07) is 15.4. The fourth-order valence-corrected chi connectivity index (χ4v) is 5.73. The SMILES string of the molecule is CCCCCCC1CCC(c2ccc(-c3ccc4c(F)c(OS(=O)(=O)C(F)(F)F)ccc4c3)cc2)CC1. The fraction of sp³-hybridized carbons (Fsp3) is 0.448. The molecule has 0 atom stereocenters. The van der Waals surface area contributed by atoms with Crippen LogP contribution in [0.1, 0.15) is 76.2 Å². The Kier molecular flexibility index (Phi) is 8.46. The van der Waals surface area contributed by atoms with Crippen molar-refractivity contribution in [1.82, 2.24) is 0 Å². The number of hydrogen-bond acceptors (Lipinski definition) is 3. The second-order valence-corrected chi connectivity index (χ2v) is 11.5. The first-order chi connectivity index (χ1) is 17.6. The summed E-state index contributed by atoms with van der Waals surface area (Å²) < 4.78 is 79.1. The van der Waals surface area contributed by atoms with Crippen LogP contribution in [0.5, 0.6) is 5.75 Å². The summed E-state index contributed by atoms with van der Waals surface area (Å²) in [5.41, 5.74) is -2.55. The molecule has 3 aromatic carbocycles. The van der Waals surface area contributed by atoms with Crippen molar-refractivity contribution < 1.29 is 30.2 Å². The maximum atomic E-state index is 14.8. The van der Waals surface area contributed by atoms with Crippen LogP contribution < -0.4 is 4.18 Å². The average Bonchev–Trinajstić information content (AvgIpc) is 2.88. The molecule has 4 rings (SSSR count). The zero-order valence-corrected chi connectivity index (χ0v) is 21.7. The predicted molar refractivity (Wildman–Crippen MR) is 138 cm³/mol. The number of hydrogen-bond donors (Lipinski definition) is 0. The molecular formula is C29H32F4O3S. The molecule has 0 radical (unpaired) electrons. The van der Waals surface area contributed by atoms with E-state index in [0.717, 1.165) is 23.1 Å². The maximum Gasteiger partial charge on any atom is 0.534 e. The quantitative estimate of drug-likeness (QED) is 0.119. The Hall–Kier alpha value is -2.61. The molecule has 1 aliphatic carbocycles. The fourth-order valence-electron chi connectivity index (χ4n) is 5.27. The molecule has 0 bridgehead atoms. The molecule has 1 saturated carbocycles. The van der Waals surface area contributed by atoms with Crippen LogP contribution in [0, 0.1) is 11.7 Å². The van der Waals surface area contributed by atoms with Crippen molar-refractivity contribution in [2.75, 3.05) is 0 Å². The number of unbranched alkanes of at least 4 members (excludes halogenated alkanes) is 3. The van der Waals surface area contributed by atoms with Gasteiger partial charge in [-0.3, -0.25) is 0 Å². The topological polar surface area (TPSA) is 43.4 Å². The molecule has 0 aromatic heterocycles. The Morgan fingerprint density at radius 1 is 0.865 bits per heavy atom. The summed E-state index contributed by atoms with van der Waals surface area (Å²) in [6.07, 6.45) is 11.6. The molecule has 8 heteroatoms. The van der Waals surface area contributed by atoms with Gasteiger partial charge in [-0.15, -0.1) is 0 Å². The molecule has 0 aliphatic heterocycles. The van der Waals surface area contributed by atoms with E-state index < -0.39 is 27.2 Å². The van der Waals surface area contributed by atoms with Crippen molar-refractivity contribution in [3.05, 3.63) is 66.0 Å². The second-order valence-electron chi connectivity index (χ2n) is 9.99. The van der Waals surface area contributed by atoms with Crippen molar-refractivity contribution in [2.45, 2.75) is 76.1 Å². The maximum absolute atomic E-state index is 14.8. The minimum Gasteiger partial charge on any atom is -0.373 e. The number of rotatable bonds is 9. The molecule has 0 unspecified atom stereocenters.